The van der Waals surface area contributed by atoms with Gasteiger partial charge >= 0.3 is 0 Å². The molecular formula is C8H11NO2. The lowest BCUT2D eigenvalue weighted by molar-refractivity contribution is -0.134. The third-order valence-electron chi connectivity index (χ3n) is 1.97. The van der Waals surface area contributed by atoms with Crippen LogP contribution in [-0.2, 0) is 9.59 Å². The molecule has 0 aromatic carbocycles. The molecule has 0 bridgehead atoms. The summed E-state index contributed by atoms with van der Waals surface area (Å²) in [5, 5.41) is 0. The second kappa shape index (κ2) is 2.86. The van der Waals surface area contributed by atoms with Gasteiger partial charge in [0.15, 0.2) is 5.78 Å². The van der Waals surface area contributed by atoms with Crippen molar-refractivity contribution in [1.29, 1.82) is 0 Å². The summed E-state index contributed by atoms with van der Waals surface area (Å²) in [6, 6.07) is 0. The standard InChI is InChI=1S/C8H11NO2/c1-3-7(10)6-4-5-9(2)8(6)11/h3,6H,1,4-5H2,2H3. The molecule has 11 heavy (non-hydrogen) atoms. The molecule has 1 rings (SSSR count). The molecule has 1 aliphatic heterocycles. The van der Waals surface area contributed by atoms with E-state index in [1.54, 1.807) is 11.9 Å². The maximum Gasteiger partial charge on any atom is 0.233 e. The summed E-state index contributed by atoms with van der Waals surface area (Å²) in [7, 11) is 1.71. The van der Waals surface area contributed by atoms with Gasteiger partial charge in [-0.1, -0.05) is 6.58 Å². The van der Waals surface area contributed by atoms with Crippen molar-refractivity contribution in [3.8, 4) is 0 Å². The van der Waals surface area contributed by atoms with Crippen LogP contribution < -0.4 is 0 Å². The summed E-state index contributed by atoms with van der Waals surface area (Å²) in [5.41, 5.74) is 0. The van der Waals surface area contributed by atoms with Crippen molar-refractivity contribution >= 4 is 11.7 Å². The Morgan fingerprint density at radius 1 is 1.82 bits per heavy atom. The number of carbonyl (C=O) groups excluding carboxylic acids is 2. The molecule has 1 amide bonds. The van der Waals surface area contributed by atoms with E-state index < -0.39 is 5.92 Å². The molecule has 0 aliphatic carbocycles. The number of allylic oxidation sites excluding steroid dienone is 1. The molecule has 0 aromatic rings. The van der Waals surface area contributed by atoms with Crippen LogP contribution in [0.2, 0.25) is 0 Å². The summed E-state index contributed by atoms with van der Waals surface area (Å²) in [6.07, 6.45) is 1.86. The summed E-state index contributed by atoms with van der Waals surface area (Å²) in [4.78, 5) is 23.7. The fraction of sp³-hybridized carbons (Fsp3) is 0.500. The Bertz CT molecular complexity index is 210. The van der Waals surface area contributed by atoms with Crippen molar-refractivity contribution in [2.45, 2.75) is 6.42 Å². The maximum atomic E-state index is 11.2. The molecule has 60 valence electrons. The van der Waals surface area contributed by atoms with Crippen molar-refractivity contribution < 1.29 is 9.59 Å². The van der Waals surface area contributed by atoms with Crippen molar-refractivity contribution in [3.63, 3.8) is 0 Å². The molecule has 0 radical (unpaired) electrons. The lowest BCUT2D eigenvalue weighted by atomic mass is 10.0. The van der Waals surface area contributed by atoms with Gasteiger partial charge in [0, 0.05) is 13.6 Å². The summed E-state index contributed by atoms with van der Waals surface area (Å²) < 4.78 is 0. The van der Waals surface area contributed by atoms with E-state index >= 15 is 0 Å². The first-order valence-electron chi connectivity index (χ1n) is 3.58. The van der Waals surface area contributed by atoms with Gasteiger partial charge in [0.2, 0.25) is 5.91 Å². The first kappa shape index (κ1) is 7.98. The minimum atomic E-state index is -0.447. The molecule has 1 fully saturated rings. The minimum absolute atomic E-state index is 0.0742. The third kappa shape index (κ3) is 1.31. The van der Waals surface area contributed by atoms with Crippen LogP contribution in [0.1, 0.15) is 6.42 Å². The average Bonchev–Trinajstić information content (AvgIpc) is 2.32. The Kier molecular flexibility index (Phi) is 2.08. The Hall–Kier alpha value is -1.12. The molecule has 1 atom stereocenters. The minimum Gasteiger partial charge on any atom is -0.345 e. The highest BCUT2D eigenvalue weighted by atomic mass is 16.2. The molecule has 1 unspecified atom stereocenters. The van der Waals surface area contributed by atoms with Crippen molar-refractivity contribution in [2.75, 3.05) is 13.6 Å². The zero-order chi connectivity index (χ0) is 8.43. The van der Waals surface area contributed by atoms with E-state index in [4.69, 9.17) is 0 Å². The number of carbonyl (C=O) groups is 2. The molecule has 1 aliphatic rings. The number of hydrogen-bond acceptors (Lipinski definition) is 2. The van der Waals surface area contributed by atoms with Gasteiger partial charge in [-0.25, -0.2) is 0 Å². The van der Waals surface area contributed by atoms with Crippen molar-refractivity contribution in [3.05, 3.63) is 12.7 Å². The van der Waals surface area contributed by atoms with Gasteiger partial charge in [0.25, 0.3) is 0 Å². The normalized spacial score (nSPS) is 23.9. The second-order valence-corrected chi connectivity index (χ2v) is 2.71. The van der Waals surface area contributed by atoms with Crippen LogP contribution in [-0.4, -0.2) is 30.2 Å². The van der Waals surface area contributed by atoms with E-state index in [-0.39, 0.29) is 11.7 Å². The van der Waals surface area contributed by atoms with Gasteiger partial charge in [0.1, 0.15) is 5.92 Å². The van der Waals surface area contributed by atoms with E-state index in [1.165, 1.54) is 6.08 Å². The quantitative estimate of drug-likeness (QED) is 0.420. The number of likely N-dealkylation sites (tertiary alicyclic amines) is 1. The van der Waals surface area contributed by atoms with E-state index in [9.17, 15) is 9.59 Å². The zero-order valence-electron chi connectivity index (χ0n) is 6.54. The van der Waals surface area contributed by atoms with Crippen LogP contribution in [0.5, 0.6) is 0 Å². The molecule has 3 heteroatoms. The number of hydrogen-bond donors (Lipinski definition) is 0. The third-order valence-corrected chi connectivity index (χ3v) is 1.97. The van der Waals surface area contributed by atoms with Crippen molar-refractivity contribution in [2.24, 2.45) is 5.92 Å². The zero-order valence-corrected chi connectivity index (χ0v) is 6.54. The molecule has 1 heterocycles. The number of nitrogens with zero attached hydrogens (tertiary/aromatic N) is 1. The predicted octanol–water partition coefficient (Wildman–Crippen LogP) is 0.220. The highest BCUT2D eigenvalue weighted by Crippen LogP contribution is 2.17. The van der Waals surface area contributed by atoms with Crippen LogP contribution >= 0.6 is 0 Å². The first-order chi connectivity index (χ1) is 5.16. The fourth-order valence-corrected chi connectivity index (χ4v) is 1.23. The summed E-state index contributed by atoms with van der Waals surface area (Å²) >= 11 is 0. The van der Waals surface area contributed by atoms with Crippen LogP contribution in [0.25, 0.3) is 0 Å². The van der Waals surface area contributed by atoms with Gasteiger partial charge in [-0.2, -0.15) is 0 Å². The van der Waals surface area contributed by atoms with E-state index in [0.717, 1.165) is 0 Å². The number of amides is 1. The molecule has 0 spiro atoms. The van der Waals surface area contributed by atoms with Gasteiger partial charge in [-0.05, 0) is 12.5 Å². The number of rotatable bonds is 2. The lowest BCUT2D eigenvalue weighted by Crippen LogP contribution is -2.26. The predicted molar refractivity (Wildman–Crippen MR) is 40.9 cm³/mol. The lowest BCUT2D eigenvalue weighted by Gasteiger charge is -2.06. The van der Waals surface area contributed by atoms with Crippen LogP contribution in [0.4, 0.5) is 0 Å². The van der Waals surface area contributed by atoms with E-state index in [2.05, 4.69) is 6.58 Å². The van der Waals surface area contributed by atoms with Crippen molar-refractivity contribution in [1.82, 2.24) is 4.90 Å². The van der Waals surface area contributed by atoms with Gasteiger partial charge < -0.3 is 4.90 Å². The first-order valence-corrected chi connectivity index (χ1v) is 3.58. The molecule has 0 aromatic heterocycles. The highest BCUT2D eigenvalue weighted by Gasteiger charge is 2.32. The number of ketones is 1. The fourth-order valence-electron chi connectivity index (χ4n) is 1.23. The average molecular weight is 153 g/mol. The summed E-state index contributed by atoms with van der Waals surface area (Å²) in [5.74, 6) is -0.674. The van der Waals surface area contributed by atoms with Crippen LogP contribution in [0, 0.1) is 5.92 Å². The largest absolute Gasteiger partial charge is 0.345 e. The maximum absolute atomic E-state index is 11.2. The molecule has 0 N–H and O–H groups in total. The SMILES string of the molecule is C=CC(=O)C1CCN(C)C1=O. The van der Waals surface area contributed by atoms with Crippen LogP contribution in [0.15, 0.2) is 12.7 Å². The molecule has 1 saturated heterocycles. The Labute approximate surface area is 65.7 Å². The van der Waals surface area contributed by atoms with Crippen LogP contribution in [0.3, 0.4) is 0 Å². The Morgan fingerprint density at radius 3 is 2.82 bits per heavy atom. The van der Waals surface area contributed by atoms with E-state index in [0.29, 0.717) is 13.0 Å². The Balaban J connectivity index is 2.69. The monoisotopic (exact) mass is 153 g/mol. The topological polar surface area (TPSA) is 37.4 Å². The molecule has 3 nitrogen and oxygen atoms in total. The highest BCUT2D eigenvalue weighted by molar-refractivity contribution is 6.07. The molecular weight excluding hydrogens is 142 g/mol. The summed E-state index contributed by atoms with van der Waals surface area (Å²) in [6.45, 7) is 4.03. The molecule has 0 saturated carbocycles. The second-order valence-electron chi connectivity index (χ2n) is 2.71. The van der Waals surface area contributed by atoms with E-state index in [1.807, 2.05) is 0 Å². The Morgan fingerprint density at radius 2 is 2.45 bits per heavy atom. The van der Waals surface area contributed by atoms with Gasteiger partial charge in [0.05, 0.1) is 0 Å². The van der Waals surface area contributed by atoms with Gasteiger partial charge in [-0.15, -0.1) is 0 Å². The van der Waals surface area contributed by atoms with Gasteiger partial charge in [-0.3, -0.25) is 9.59 Å². The smallest absolute Gasteiger partial charge is 0.233 e.